The van der Waals surface area contributed by atoms with Gasteiger partial charge in [-0.25, -0.2) is 0 Å². The normalized spacial score (nSPS) is 15.3. The number of aromatic nitrogens is 4. The molecule has 1 atom stereocenters. The molecular weight excluding hydrogens is 393 g/mol. The predicted octanol–water partition coefficient (Wildman–Crippen LogP) is 3.04. The van der Waals surface area contributed by atoms with Crippen LogP contribution in [0.4, 0.5) is 18.9 Å². The Balaban J connectivity index is 1.55. The number of rotatable bonds is 9. The number of alkyl halides is 3. The first-order valence-electron chi connectivity index (χ1n) is 9.32. The van der Waals surface area contributed by atoms with E-state index in [9.17, 15) is 28.1 Å². The summed E-state index contributed by atoms with van der Waals surface area (Å²) in [5.74, 6) is -0.238. The maximum atomic E-state index is 12.9. The molecule has 2 heterocycles. The van der Waals surface area contributed by atoms with Crippen LogP contribution in [0.1, 0.15) is 56.0 Å². The van der Waals surface area contributed by atoms with E-state index in [0.29, 0.717) is 18.5 Å². The summed E-state index contributed by atoms with van der Waals surface area (Å²) in [5.41, 5.74) is -0.517. The first kappa shape index (κ1) is 20.8. The largest absolute Gasteiger partial charge is 0.435 e. The van der Waals surface area contributed by atoms with Gasteiger partial charge in [0.1, 0.15) is 18.4 Å². The standard InChI is InChI=1S/C17H21F3N6O3/c1-2-13(25-10-12(9-22-25)26(28)29)16(27)21-6-3-7-24-14(11-4-5-11)8-15(23-24)17(18,19)20/h8-11,13H,2-7H2,1H3,(H,21,27). The number of amides is 1. The highest BCUT2D eigenvalue weighted by molar-refractivity contribution is 5.80. The van der Waals surface area contributed by atoms with Gasteiger partial charge in [0.05, 0.1) is 4.92 Å². The van der Waals surface area contributed by atoms with Gasteiger partial charge in [0.2, 0.25) is 5.91 Å². The molecule has 1 unspecified atom stereocenters. The number of nitrogens with zero attached hydrogens (tertiary/aromatic N) is 5. The molecule has 29 heavy (non-hydrogen) atoms. The Morgan fingerprint density at radius 2 is 2.17 bits per heavy atom. The first-order valence-corrected chi connectivity index (χ1v) is 9.32. The van der Waals surface area contributed by atoms with Crippen molar-refractivity contribution >= 4 is 11.6 Å². The summed E-state index contributed by atoms with van der Waals surface area (Å²) in [6.45, 7) is 2.25. The number of hydrogen-bond donors (Lipinski definition) is 1. The lowest BCUT2D eigenvalue weighted by Crippen LogP contribution is -2.33. The molecule has 1 fully saturated rings. The molecule has 3 rings (SSSR count). The Morgan fingerprint density at radius 1 is 1.45 bits per heavy atom. The van der Waals surface area contributed by atoms with Gasteiger partial charge in [-0.05, 0) is 31.7 Å². The first-order chi connectivity index (χ1) is 13.7. The van der Waals surface area contributed by atoms with E-state index in [4.69, 9.17) is 0 Å². The zero-order valence-electron chi connectivity index (χ0n) is 15.7. The zero-order chi connectivity index (χ0) is 21.2. The lowest BCUT2D eigenvalue weighted by atomic mass is 10.2. The Bertz CT molecular complexity index is 887. The highest BCUT2D eigenvalue weighted by Gasteiger charge is 2.37. The third-order valence-electron chi connectivity index (χ3n) is 4.75. The minimum atomic E-state index is -4.48. The van der Waals surface area contributed by atoms with Gasteiger partial charge in [0.25, 0.3) is 0 Å². The van der Waals surface area contributed by atoms with Crippen molar-refractivity contribution in [3.05, 3.63) is 40.0 Å². The van der Waals surface area contributed by atoms with Crippen LogP contribution in [0.25, 0.3) is 0 Å². The van der Waals surface area contributed by atoms with Crippen molar-refractivity contribution in [2.45, 2.75) is 57.3 Å². The molecule has 1 saturated carbocycles. The second kappa shape index (κ2) is 8.21. The number of aryl methyl sites for hydroxylation is 1. The number of carbonyl (C=O) groups is 1. The Labute approximate surface area is 164 Å². The minimum Gasteiger partial charge on any atom is -0.354 e. The molecule has 1 aliphatic carbocycles. The van der Waals surface area contributed by atoms with E-state index >= 15 is 0 Å². The number of nitro groups is 1. The molecule has 0 bridgehead atoms. The maximum absolute atomic E-state index is 12.9. The summed E-state index contributed by atoms with van der Waals surface area (Å²) in [6.07, 6.45) is 0.278. The summed E-state index contributed by atoms with van der Waals surface area (Å²) in [6, 6.07) is 0.404. The van der Waals surface area contributed by atoms with Crippen molar-refractivity contribution in [3.63, 3.8) is 0 Å². The summed E-state index contributed by atoms with van der Waals surface area (Å²) in [5, 5.41) is 21.0. The van der Waals surface area contributed by atoms with E-state index in [2.05, 4.69) is 15.5 Å². The summed E-state index contributed by atoms with van der Waals surface area (Å²) in [4.78, 5) is 22.5. The lowest BCUT2D eigenvalue weighted by Gasteiger charge is -2.15. The quantitative estimate of drug-likeness (QED) is 0.385. The van der Waals surface area contributed by atoms with Crippen LogP contribution in [-0.4, -0.2) is 36.9 Å². The van der Waals surface area contributed by atoms with Crippen LogP contribution in [0.15, 0.2) is 18.5 Å². The second-order valence-corrected chi connectivity index (χ2v) is 6.95. The maximum Gasteiger partial charge on any atom is 0.435 e. The highest BCUT2D eigenvalue weighted by Crippen LogP contribution is 2.42. The van der Waals surface area contributed by atoms with Gasteiger partial charge in [-0.15, -0.1) is 0 Å². The van der Waals surface area contributed by atoms with E-state index in [0.717, 1.165) is 25.1 Å². The van der Waals surface area contributed by atoms with Gasteiger partial charge in [-0.1, -0.05) is 6.92 Å². The molecule has 1 amide bonds. The fourth-order valence-corrected chi connectivity index (χ4v) is 3.10. The summed E-state index contributed by atoms with van der Waals surface area (Å²) >= 11 is 0. The van der Waals surface area contributed by atoms with Crippen molar-refractivity contribution < 1.29 is 22.9 Å². The Kier molecular flexibility index (Phi) is 5.89. The molecule has 0 saturated heterocycles. The molecule has 0 radical (unpaired) electrons. The average Bonchev–Trinajstić information content (AvgIpc) is 3.20. The van der Waals surface area contributed by atoms with Crippen LogP contribution < -0.4 is 5.32 Å². The molecule has 158 valence electrons. The van der Waals surface area contributed by atoms with E-state index in [-0.39, 0.29) is 30.6 Å². The SMILES string of the molecule is CCC(C(=O)NCCCn1nc(C(F)(F)F)cc1C1CC1)n1cc([N+](=O)[O-])cn1. The van der Waals surface area contributed by atoms with E-state index in [1.54, 1.807) is 6.92 Å². The van der Waals surface area contributed by atoms with Gasteiger partial charge in [-0.2, -0.15) is 23.4 Å². The number of hydrogen-bond acceptors (Lipinski definition) is 5. The minimum absolute atomic E-state index is 0.119. The molecule has 12 heteroatoms. The summed E-state index contributed by atoms with van der Waals surface area (Å²) in [7, 11) is 0. The van der Waals surface area contributed by atoms with E-state index in [1.807, 2.05) is 0 Å². The van der Waals surface area contributed by atoms with Gasteiger partial charge in [-0.3, -0.25) is 24.3 Å². The van der Waals surface area contributed by atoms with Gasteiger partial charge in [0, 0.05) is 24.7 Å². The van der Waals surface area contributed by atoms with Crippen LogP contribution >= 0.6 is 0 Å². The molecule has 9 nitrogen and oxygen atoms in total. The van der Waals surface area contributed by atoms with Crippen LogP contribution in [0, 0.1) is 10.1 Å². The van der Waals surface area contributed by atoms with Crippen LogP contribution in [-0.2, 0) is 17.5 Å². The fraction of sp³-hybridized carbons (Fsp3) is 0.588. The molecular formula is C17H21F3N6O3. The molecule has 2 aromatic rings. The van der Waals surface area contributed by atoms with Crippen LogP contribution in [0.3, 0.4) is 0 Å². The monoisotopic (exact) mass is 414 g/mol. The van der Waals surface area contributed by atoms with Gasteiger partial charge >= 0.3 is 11.9 Å². The van der Waals surface area contributed by atoms with E-state index < -0.39 is 22.8 Å². The molecule has 0 aliphatic heterocycles. The number of nitrogens with one attached hydrogen (secondary N) is 1. The predicted molar refractivity (Wildman–Crippen MR) is 95.0 cm³/mol. The molecule has 2 aromatic heterocycles. The summed E-state index contributed by atoms with van der Waals surface area (Å²) < 4.78 is 41.4. The molecule has 1 N–H and O–H groups in total. The van der Waals surface area contributed by atoms with Crippen molar-refractivity contribution in [1.82, 2.24) is 24.9 Å². The lowest BCUT2D eigenvalue weighted by molar-refractivity contribution is -0.385. The van der Waals surface area contributed by atoms with Gasteiger partial charge < -0.3 is 5.32 Å². The fourth-order valence-electron chi connectivity index (χ4n) is 3.10. The highest BCUT2D eigenvalue weighted by atomic mass is 19.4. The van der Waals surface area contributed by atoms with Crippen molar-refractivity contribution in [3.8, 4) is 0 Å². The third-order valence-corrected chi connectivity index (χ3v) is 4.75. The Hall–Kier alpha value is -2.92. The van der Waals surface area contributed by atoms with Crippen LogP contribution in [0.2, 0.25) is 0 Å². The number of carbonyl (C=O) groups excluding carboxylic acids is 1. The van der Waals surface area contributed by atoms with Crippen molar-refractivity contribution in [1.29, 1.82) is 0 Å². The molecule has 0 spiro atoms. The smallest absolute Gasteiger partial charge is 0.354 e. The van der Waals surface area contributed by atoms with Crippen LogP contribution in [0.5, 0.6) is 0 Å². The average molecular weight is 414 g/mol. The molecule has 0 aromatic carbocycles. The van der Waals surface area contributed by atoms with Crippen molar-refractivity contribution in [2.24, 2.45) is 0 Å². The number of halogens is 3. The van der Waals surface area contributed by atoms with E-state index in [1.165, 1.54) is 15.6 Å². The third kappa shape index (κ3) is 4.93. The molecule has 1 aliphatic rings. The Morgan fingerprint density at radius 3 is 2.72 bits per heavy atom. The van der Waals surface area contributed by atoms with Gasteiger partial charge in [0.15, 0.2) is 5.69 Å². The topological polar surface area (TPSA) is 108 Å². The zero-order valence-corrected chi connectivity index (χ0v) is 15.7. The van der Waals surface area contributed by atoms with Crippen molar-refractivity contribution in [2.75, 3.05) is 6.54 Å². The second-order valence-electron chi connectivity index (χ2n) is 6.95.